The van der Waals surface area contributed by atoms with Crippen LogP contribution in [0.5, 0.6) is 5.75 Å². The summed E-state index contributed by atoms with van der Waals surface area (Å²) < 4.78 is 45.4. The molecule has 2 amide bonds. The molecule has 0 spiro atoms. The molecule has 36 heavy (non-hydrogen) atoms. The Labute approximate surface area is 213 Å². The molecule has 2 atom stereocenters. The maximum Gasteiger partial charge on any atom is 0.244 e. The molecule has 2 aromatic carbocycles. The Hall–Kier alpha value is -3.14. The minimum atomic E-state index is -3.89. The molecule has 1 N–H and O–H groups in total. The summed E-state index contributed by atoms with van der Waals surface area (Å²) >= 11 is 0. The van der Waals surface area contributed by atoms with Crippen molar-refractivity contribution >= 4 is 27.5 Å². The fourth-order valence-electron chi connectivity index (χ4n) is 3.74. The highest BCUT2D eigenvalue weighted by Crippen LogP contribution is 2.31. The second kappa shape index (κ2) is 12.7. The summed E-state index contributed by atoms with van der Waals surface area (Å²) in [4.78, 5) is 28.2. The standard InChI is InChI=1S/C26H36FN3O5S/c1-7-19(4)28-26(32)22(8-2)29(16-20-10-12-21(27)13-11-20)25(31)17-30(36(6,33)34)23-15-18(3)9-14-24(23)35-5/h9-15,19,22H,7-8,16-17H2,1-6H3,(H,28,32). The molecule has 2 aromatic rings. The number of anilines is 1. The van der Waals surface area contributed by atoms with Crippen molar-refractivity contribution in [2.75, 3.05) is 24.2 Å². The van der Waals surface area contributed by atoms with Gasteiger partial charge in [0.15, 0.2) is 0 Å². The molecule has 0 saturated carbocycles. The van der Waals surface area contributed by atoms with Crippen LogP contribution >= 0.6 is 0 Å². The molecule has 0 bridgehead atoms. The van der Waals surface area contributed by atoms with Crippen molar-refractivity contribution in [3.8, 4) is 5.75 Å². The van der Waals surface area contributed by atoms with Crippen LogP contribution in [0.1, 0.15) is 44.7 Å². The van der Waals surface area contributed by atoms with Crippen LogP contribution in [0.15, 0.2) is 42.5 Å². The fraction of sp³-hybridized carbons (Fsp3) is 0.462. The van der Waals surface area contributed by atoms with Gasteiger partial charge in [-0.25, -0.2) is 12.8 Å². The average Bonchev–Trinajstić information content (AvgIpc) is 2.82. The van der Waals surface area contributed by atoms with Crippen LogP contribution in [-0.4, -0.2) is 57.1 Å². The van der Waals surface area contributed by atoms with Crippen LogP contribution in [0, 0.1) is 12.7 Å². The third-order valence-electron chi connectivity index (χ3n) is 5.94. The van der Waals surface area contributed by atoms with Gasteiger partial charge in [0.05, 0.1) is 19.1 Å². The second-order valence-corrected chi connectivity index (χ2v) is 10.7. The van der Waals surface area contributed by atoms with E-state index in [9.17, 15) is 22.4 Å². The molecule has 0 heterocycles. The van der Waals surface area contributed by atoms with Crippen LogP contribution in [0.3, 0.4) is 0 Å². The number of hydrogen-bond donors (Lipinski definition) is 1. The van der Waals surface area contributed by atoms with Crippen molar-refractivity contribution in [2.45, 2.75) is 59.2 Å². The molecule has 0 aliphatic heterocycles. The molecule has 0 radical (unpaired) electrons. The smallest absolute Gasteiger partial charge is 0.244 e. The fourth-order valence-corrected chi connectivity index (χ4v) is 4.58. The van der Waals surface area contributed by atoms with Crippen LogP contribution in [0.25, 0.3) is 0 Å². The van der Waals surface area contributed by atoms with E-state index in [0.29, 0.717) is 24.2 Å². The number of carbonyl (C=O) groups excluding carboxylic acids is 2. The highest BCUT2D eigenvalue weighted by molar-refractivity contribution is 7.92. The van der Waals surface area contributed by atoms with Gasteiger partial charge in [0.1, 0.15) is 24.2 Å². The first-order valence-electron chi connectivity index (χ1n) is 11.9. The number of amides is 2. The van der Waals surface area contributed by atoms with Gasteiger partial charge in [0.2, 0.25) is 21.8 Å². The average molecular weight is 522 g/mol. The molecule has 0 saturated heterocycles. The van der Waals surface area contributed by atoms with E-state index in [-0.39, 0.29) is 24.2 Å². The third kappa shape index (κ3) is 7.68. The highest BCUT2D eigenvalue weighted by atomic mass is 32.2. The lowest BCUT2D eigenvalue weighted by Gasteiger charge is -2.33. The number of nitrogens with zero attached hydrogens (tertiary/aromatic N) is 2. The molecule has 0 aromatic heterocycles. The highest BCUT2D eigenvalue weighted by Gasteiger charge is 2.33. The van der Waals surface area contributed by atoms with Crippen LogP contribution in [0.2, 0.25) is 0 Å². The van der Waals surface area contributed by atoms with E-state index in [2.05, 4.69) is 5.32 Å². The minimum absolute atomic E-state index is 0.00804. The van der Waals surface area contributed by atoms with Crippen molar-refractivity contribution in [1.82, 2.24) is 10.2 Å². The number of ether oxygens (including phenoxy) is 1. The Bertz CT molecular complexity index is 1150. The third-order valence-corrected chi connectivity index (χ3v) is 7.06. The maximum atomic E-state index is 13.7. The first-order chi connectivity index (χ1) is 16.9. The van der Waals surface area contributed by atoms with E-state index >= 15 is 0 Å². The summed E-state index contributed by atoms with van der Waals surface area (Å²) in [5.41, 5.74) is 1.63. The number of nitrogens with one attached hydrogen (secondary N) is 1. The zero-order valence-corrected chi connectivity index (χ0v) is 22.6. The molecule has 10 heteroatoms. The Balaban J connectivity index is 2.50. The van der Waals surface area contributed by atoms with Crippen molar-refractivity contribution in [1.29, 1.82) is 0 Å². The summed E-state index contributed by atoms with van der Waals surface area (Å²) in [5.74, 6) is -1.03. The molecule has 0 fully saturated rings. The molecule has 0 aliphatic carbocycles. The largest absolute Gasteiger partial charge is 0.495 e. The van der Waals surface area contributed by atoms with E-state index in [4.69, 9.17) is 4.74 Å². The Morgan fingerprint density at radius 2 is 1.72 bits per heavy atom. The Morgan fingerprint density at radius 3 is 2.25 bits per heavy atom. The molecule has 198 valence electrons. The van der Waals surface area contributed by atoms with Gasteiger partial charge in [-0.15, -0.1) is 0 Å². The molecule has 0 aliphatic rings. The number of sulfonamides is 1. The molecule has 8 nitrogen and oxygen atoms in total. The van der Waals surface area contributed by atoms with Gasteiger partial charge in [0.25, 0.3) is 0 Å². The predicted molar refractivity (Wildman–Crippen MR) is 139 cm³/mol. The van der Waals surface area contributed by atoms with E-state index in [1.807, 2.05) is 13.8 Å². The van der Waals surface area contributed by atoms with Gasteiger partial charge in [-0.2, -0.15) is 0 Å². The summed E-state index contributed by atoms with van der Waals surface area (Å²) in [6.45, 7) is 6.86. The quantitative estimate of drug-likeness (QED) is 0.460. The van der Waals surface area contributed by atoms with E-state index in [1.165, 1.54) is 36.3 Å². The number of carbonyl (C=O) groups is 2. The van der Waals surface area contributed by atoms with Gasteiger partial charge in [-0.3, -0.25) is 13.9 Å². The lowest BCUT2D eigenvalue weighted by Crippen LogP contribution is -2.53. The topological polar surface area (TPSA) is 96.0 Å². The van der Waals surface area contributed by atoms with E-state index < -0.39 is 34.3 Å². The van der Waals surface area contributed by atoms with E-state index in [0.717, 1.165) is 16.1 Å². The minimum Gasteiger partial charge on any atom is -0.495 e. The van der Waals surface area contributed by atoms with Gasteiger partial charge in [-0.05, 0) is 62.1 Å². The predicted octanol–water partition coefficient (Wildman–Crippen LogP) is 3.63. The van der Waals surface area contributed by atoms with Crippen molar-refractivity contribution in [2.24, 2.45) is 0 Å². The normalized spacial score (nSPS) is 13.0. The summed E-state index contributed by atoms with van der Waals surface area (Å²) in [5, 5.41) is 2.91. The first kappa shape index (κ1) is 29.1. The van der Waals surface area contributed by atoms with Crippen molar-refractivity contribution < 1.29 is 27.1 Å². The number of rotatable bonds is 12. The molecular formula is C26H36FN3O5S. The van der Waals surface area contributed by atoms with Crippen molar-refractivity contribution in [3.63, 3.8) is 0 Å². The number of benzene rings is 2. The Morgan fingerprint density at radius 1 is 1.08 bits per heavy atom. The van der Waals surface area contributed by atoms with Crippen LogP contribution in [-0.2, 0) is 26.2 Å². The number of aryl methyl sites for hydroxylation is 1. The number of methoxy groups -OCH3 is 1. The van der Waals surface area contributed by atoms with Crippen LogP contribution in [0.4, 0.5) is 10.1 Å². The molecule has 2 unspecified atom stereocenters. The summed E-state index contributed by atoms with van der Waals surface area (Å²) in [6, 6.07) is 9.72. The molecular weight excluding hydrogens is 485 g/mol. The van der Waals surface area contributed by atoms with Gasteiger partial charge >= 0.3 is 0 Å². The lowest BCUT2D eigenvalue weighted by atomic mass is 10.1. The Kier molecular flexibility index (Phi) is 10.3. The zero-order chi connectivity index (χ0) is 27.0. The van der Waals surface area contributed by atoms with Crippen molar-refractivity contribution in [3.05, 3.63) is 59.4 Å². The number of halogens is 1. The van der Waals surface area contributed by atoms with Gasteiger partial charge in [-0.1, -0.05) is 32.0 Å². The van der Waals surface area contributed by atoms with Crippen LogP contribution < -0.4 is 14.4 Å². The maximum absolute atomic E-state index is 13.7. The second-order valence-electron chi connectivity index (χ2n) is 8.83. The lowest BCUT2D eigenvalue weighted by molar-refractivity contribution is -0.140. The van der Waals surface area contributed by atoms with E-state index in [1.54, 1.807) is 32.0 Å². The molecule has 2 rings (SSSR count). The summed E-state index contributed by atoms with van der Waals surface area (Å²) in [7, 11) is -2.47. The van der Waals surface area contributed by atoms with Gasteiger partial charge < -0.3 is 15.0 Å². The first-order valence-corrected chi connectivity index (χ1v) is 13.7. The summed E-state index contributed by atoms with van der Waals surface area (Å²) in [6.07, 6.45) is 2.03. The number of hydrogen-bond acceptors (Lipinski definition) is 5. The monoisotopic (exact) mass is 521 g/mol. The van der Waals surface area contributed by atoms with Gasteiger partial charge in [0, 0.05) is 12.6 Å². The zero-order valence-electron chi connectivity index (χ0n) is 21.7. The SMILES string of the molecule is CCC(C)NC(=O)C(CC)N(Cc1ccc(F)cc1)C(=O)CN(c1cc(C)ccc1OC)S(C)(=O)=O.